The lowest BCUT2D eigenvalue weighted by atomic mass is 9.88. The van der Waals surface area contributed by atoms with Crippen LogP contribution in [0.3, 0.4) is 0 Å². The molecule has 0 aromatic heterocycles. The molecule has 1 aromatic rings. The van der Waals surface area contributed by atoms with Gasteiger partial charge in [-0.1, -0.05) is 11.6 Å². The highest BCUT2D eigenvalue weighted by atomic mass is 35.5. The number of likely N-dealkylation sites (N-methyl/N-ethyl adjacent to an activating group) is 1. The molecule has 0 spiro atoms. The molecule has 0 saturated carbocycles. The number of benzene rings is 1. The Morgan fingerprint density at radius 3 is 2.47 bits per heavy atom. The minimum atomic E-state index is -0.230. The lowest BCUT2D eigenvalue weighted by molar-refractivity contribution is 0.333. The van der Waals surface area contributed by atoms with Gasteiger partial charge >= 0.3 is 0 Å². The molecule has 0 aliphatic rings. The Kier molecular flexibility index (Phi) is 4.42. The third-order valence-corrected chi connectivity index (χ3v) is 3.68. The molecule has 0 amide bonds. The third kappa shape index (κ3) is 2.92. The largest absolute Gasteiger partial charge is 0.496 e. The quantitative estimate of drug-likeness (QED) is 0.871. The summed E-state index contributed by atoms with van der Waals surface area (Å²) < 4.78 is 5.38. The fraction of sp³-hybridized carbons (Fsp3) is 0.538. The molecule has 1 atom stereocenters. The Hall–Kier alpha value is -0.770. The van der Waals surface area contributed by atoms with E-state index in [2.05, 4.69) is 5.32 Å². The van der Waals surface area contributed by atoms with Crippen LogP contribution >= 0.6 is 11.6 Å². The molecule has 17 heavy (non-hydrogen) atoms. The number of ether oxygens (including phenoxy) is 1. The van der Waals surface area contributed by atoms with Crippen molar-refractivity contribution in [2.45, 2.75) is 32.4 Å². The zero-order valence-electron chi connectivity index (χ0n) is 11.1. The summed E-state index contributed by atoms with van der Waals surface area (Å²) in [6.45, 7) is 6.04. The summed E-state index contributed by atoms with van der Waals surface area (Å²) in [6.07, 6.45) is 0. The van der Waals surface area contributed by atoms with Crippen molar-refractivity contribution in [3.05, 3.63) is 28.3 Å². The first-order valence-electron chi connectivity index (χ1n) is 5.62. The summed E-state index contributed by atoms with van der Waals surface area (Å²) in [5.41, 5.74) is 7.95. The molecule has 1 aromatic carbocycles. The van der Waals surface area contributed by atoms with E-state index in [4.69, 9.17) is 22.1 Å². The van der Waals surface area contributed by atoms with Gasteiger partial charge in [0.05, 0.1) is 13.2 Å². The number of rotatable bonds is 4. The van der Waals surface area contributed by atoms with E-state index < -0.39 is 0 Å². The van der Waals surface area contributed by atoms with Gasteiger partial charge < -0.3 is 15.8 Å². The molecule has 3 N–H and O–H groups in total. The summed E-state index contributed by atoms with van der Waals surface area (Å²) in [5.74, 6) is 0.780. The standard InChI is InChI=1S/C13H21ClN2O/c1-8-6-11(17-5)9(7-10(8)14)12(15)13(2,3)16-4/h6-7,12,16H,15H2,1-5H3. The molecule has 1 rings (SSSR count). The number of hydrogen-bond acceptors (Lipinski definition) is 3. The average molecular weight is 257 g/mol. The molecule has 3 nitrogen and oxygen atoms in total. The van der Waals surface area contributed by atoms with E-state index in [9.17, 15) is 0 Å². The summed E-state index contributed by atoms with van der Waals surface area (Å²) in [4.78, 5) is 0. The number of methoxy groups -OCH3 is 1. The number of nitrogens with two attached hydrogens (primary N) is 1. The van der Waals surface area contributed by atoms with Crippen LogP contribution in [0.25, 0.3) is 0 Å². The lowest BCUT2D eigenvalue weighted by Gasteiger charge is -2.32. The smallest absolute Gasteiger partial charge is 0.124 e. The summed E-state index contributed by atoms with van der Waals surface area (Å²) in [5, 5.41) is 3.91. The van der Waals surface area contributed by atoms with Gasteiger partial charge in [-0.15, -0.1) is 0 Å². The zero-order valence-corrected chi connectivity index (χ0v) is 11.9. The lowest BCUT2D eigenvalue weighted by Crippen LogP contribution is -2.46. The maximum atomic E-state index is 6.28. The molecule has 0 saturated heterocycles. The normalized spacial score (nSPS) is 13.6. The van der Waals surface area contributed by atoms with Crippen LogP contribution in [-0.2, 0) is 0 Å². The van der Waals surface area contributed by atoms with Crippen LogP contribution in [-0.4, -0.2) is 19.7 Å². The minimum Gasteiger partial charge on any atom is -0.496 e. The number of hydrogen-bond donors (Lipinski definition) is 2. The molecule has 0 aliphatic heterocycles. The van der Waals surface area contributed by atoms with Gasteiger partial charge in [-0.25, -0.2) is 0 Å². The summed E-state index contributed by atoms with van der Waals surface area (Å²) in [6, 6.07) is 3.61. The second-order valence-corrected chi connectivity index (χ2v) is 5.20. The van der Waals surface area contributed by atoms with Crippen molar-refractivity contribution in [3.8, 4) is 5.75 Å². The van der Waals surface area contributed by atoms with E-state index in [1.165, 1.54) is 0 Å². The molecule has 0 bridgehead atoms. The Labute approximate surface area is 108 Å². The Morgan fingerprint density at radius 1 is 1.41 bits per heavy atom. The maximum absolute atomic E-state index is 6.28. The van der Waals surface area contributed by atoms with Gasteiger partial charge in [0.1, 0.15) is 5.75 Å². The zero-order chi connectivity index (χ0) is 13.2. The van der Waals surface area contributed by atoms with Crippen LogP contribution in [0.2, 0.25) is 5.02 Å². The second kappa shape index (κ2) is 5.25. The first-order valence-corrected chi connectivity index (χ1v) is 5.99. The fourth-order valence-corrected chi connectivity index (χ4v) is 1.81. The van der Waals surface area contributed by atoms with Crippen molar-refractivity contribution >= 4 is 11.6 Å². The van der Waals surface area contributed by atoms with Gasteiger partial charge in [0, 0.05) is 16.1 Å². The fourth-order valence-electron chi connectivity index (χ4n) is 1.63. The van der Waals surface area contributed by atoms with Gasteiger partial charge in [0.15, 0.2) is 0 Å². The van der Waals surface area contributed by atoms with Crippen LogP contribution in [0.5, 0.6) is 5.75 Å². The van der Waals surface area contributed by atoms with Crippen molar-refractivity contribution in [1.82, 2.24) is 5.32 Å². The Balaban J connectivity index is 3.25. The predicted molar refractivity (Wildman–Crippen MR) is 72.8 cm³/mol. The summed E-state index contributed by atoms with van der Waals surface area (Å²) in [7, 11) is 3.54. The number of aryl methyl sites for hydroxylation is 1. The van der Waals surface area contributed by atoms with Crippen LogP contribution in [0.15, 0.2) is 12.1 Å². The topological polar surface area (TPSA) is 47.3 Å². The first kappa shape index (κ1) is 14.3. The van der Waals surface area contributed by atoms with Gasteiger partial charge in [-0.2, -0.15) is 0 Å². The molecular formula is C13H21ClN2O. The highest BCUT2D eigenvalue weighted by molar-refractivity contribution is 6.31. The van der Waals surface area contributed by atoms with Crippen LogP contribution in [0, 0.1) is 6.92 Å². The van der Waals surface area contributed by atoms with E-state index >= 15 is 0 Å². The minimum absolute atomic E-state index is 0.194. The SMILES string of the molecule is CNC(C)(C)C(N)c1cc(Cl)c(C)cc1OC. The van der Waals surface area contributed by atoms with Crippen molar-refractivity contribution < 1.29 is 4.74 Å². The molecule has 96 valence electrons. The average Bonchev–Trinajstić information content (AvgIpc) is 2.31. The van der Waals surface area contributed by atoms with Gasteiger partial charge in [0.2, 0.25) is 0 Å². The monoisotopic (exact) mass is 256 g/mol. The molecule has 0 fully saturated rings. The Bertz CT molecular complexity index is 405. The molecule has 4 heteroatoms. The van der Waals surface area contributed by atoms with E-state index in [-0.39, 0.29) is 11.6 Å². The number of nitrogens with one attached hydrogen (secondary N) is 1. The Morgan fingerprint density at radius 2 is 2.00 bits per heavy atom. The van der Waals surface area contributed by atoms with Crippen molar-refractivity contribution in [2.24, 2.45) is 5.73 Å². The molecule has 0 heterocycles. The third-order valence-electron chi connectivity index (χ3n) is 3.27. The molecule has 0 radical (unpaired) electrons. The molecular weight excluding hydrogens is 236 g/mol. The van der Waals surface area contributed by atoms with E-state index in [1.807, 2.05) is 40.0 Å². The van der Waals surface area contributed by atoms with Gasteiger partial charge in [0.25, 0.3) is 0 Å². The van der Waals surface area contributed by atoms with Crippen LogP contribution in [0.4, 0.5) is 0 Å². The van der Waals surface area contributed by atoms with Crippen LogP contribution in [0.1, 0.15) is 31.0 Å². The van der Waals surface area contributed by atoms with Crippen molar-refractivity contribution in [2.75, 3.05) is 14.2 Å². The highest BCUT2D eigenvalue weighted by Crippen LogP contribution is 2.34. The van der Waals surface area contributed by atoms with E-state index in [1.54, 1.807) is 7.11 Å². The van der Waals surface area contributed by atoms with Crippen molar-refractivity contribution in [3.63, 3.8) is 0 Å². The van der Waals surface area contributed by atoms with Gasteiger partial charge in [-0.3, -0.25) is 0 Å². The van der Waals surface area contributed by atoms with Gasteiger partial charge in [-0.05, 0) is 45.5 Å². The maximum Gasteiger partial charge on any atom is 0.124 e. The first-order chi connectivity index (χ1) is 7.83. The second-order valence-electron chi connectivity index (χ2n) is 4.79. The van der Waals surface area contributed by atoms with E-state index in [0.29, 0.717) is 5.02 Å². The molecule has 1 unspecified atom stereocenters. The number of halogens is 1. The van der Waals surface area contributed by atoms with Crippen LogP contribution < -0.4 is 15.8 Å². The summed E-state index contributed by atoms with van der Waals surface area (Å²) >= 11 is 6.15. The van der Waals surface area contributed by atoms with Crippen molar-refractivity contribution in [1.29, 1.82) is 0 Å². The highest BCUT2D eigenvalue weighted by Gasteiger charge is 2.28. The predicted octanol–water partition coefficient (Wildman–Crippen LogP) is 2.65. The van der Waals surface area contributed by atoms with E-state index in [0.717, 1.165) is 16.9 Å². The molecule has 0 aliphatic carbocycles.